The third-order valence-corrected chi connectivity index (χ3v) is 3.45. The Labute approximate surface area is 135 Å². The van der Waals surface area contributed by atoms with Crippen LogP contribution in [-0.4, -0.2) is 18.4 Å². The number of nitrogens with two attached hydrogens (primary N) is 1. The summed E-state index contributed by atoms with van der Waals surface area (Å²) in [6, 6.07) is 14.5. The summed E-state index contributed by atoms with van der Waals surface area (Å²) in [4.78, 5) is 23.2. The third-order valence-electron chi connectivity index (χ3n) is 3.45. The van der Waals surface area contributed by atoms with Crippen LogP contribution in [0, 0.1) is 0 Å². The molecule has 0 spiro atoms. The van der Waals surface area contributed by atoms with Gasteiger partial charge in [-0.25, -0.2) is 0 Å². The lowest BCUT2D eigenvalue weighted by Crippen LogP contribution is -2.22. The van der Waals surface area contributed by atoms with Crippen LogP contribution in [0.15, 0.2) is 48.5 Å². The van der Waals surface area contributed by atoms with Crippen LogP contribution in [0.2, 0.25) is 0 Å². The number of anilines is 2. The Morgan fingerprint density at radius 1 is 1.09 bits per heavy atom. The lowest BCUT2D eigenvalue weighted by molar-refractivity contribution is -0.114. The maximum absolute atomic E-state index is 12.1. The fourth-order valence-corrected chi connectivity index (χ4v) is 2.29. The van der Waals surface area contributed by atoms with Crippen LogP contribution in [0.4, 0.5) is 11.4 Å². The molecule has 2 aromatic rings. The van der Waals surface area contributed by atoms with Gasteiger partial charge < -0.3 is 16.4 Å². The molecule has 0 bridgehead atoms. The molecule has 0 aliphatic carbocycles. The molecule has 0 aliphatic rings. The fourth-order valence-electron chi connectivity index (χ4n) is 2.29. The molecule has 0 aliphatic heterocycles. The molecule has 0 atom stereocenters. The molecule has 4 N–H and O–H groups in total. The smallest absolute Gasteiger partial charge is 0.248 e. The fraction of sp³-hybridized carbons (Fsp3) is 0.222. The number of para-hydroxylation sites is 1. The number of nitrogens with one attached hydrogen (secondary N) is 2. The van der Waals surface area contributed by atoms with Gasteiger partial charge in [-0.15, -0.1) is 0 Å². The summed E-state index contributed by atoms with van der Waals surface area (Å²) in [7, 11) is 0. The minimum absolute atomic E-state index is 0.143. The van der Waals surface area contributed by atoms with E-state index in [-0.39, 0.29) is 12.5 Å². The summed E-state index contributed by atoms with van der Waals surface area (Å²) in [5, 5.41) is 5.90. The lowest BCUT2D eigenvalue weighted by Gasteiger charge is -2.14. The number of hydrogen-bond donors (Lipinski definition) is 3. The van der Waals surface area contributed by atoms with Crippen LogP contribution < -0.4 is 16.4 Å². The molecule has 2 aromatic carbocycles. The molecule has 0 aromatic heterocycles. The van der Waals surface area contributed by atoms with Gasteiger partial charge in [0, 0.05) is 16.9 Å². The van der Waals surface area contributed by atoms with Gasteiger partial charge >= 0.3 is 0 Å². The van der Waals surface area contributed by atoms with Crippen molar-refractivity contribution >= 4 is 23.2 Å². The standard InChI is InChI=1S/C18H21N3O2/c1-12(2)15-8-3-4-9-16(15)20-11-17(22)21-14-7-5-6-13(10-14)18(19)23/h3-10,12,20H,11H2,1-2H3,(H2,19,23)(H,21,22). The normalized spacial score (nSPS) is 10.4. The average Bonchev–Trinajstić information content (AvgIpc) is 2.53. The first-order valence-electron chi connectivity index (χ1n) is 7.50. The molecule has 0 unspecified atom stereocenters. The van der Waals surface area contributed by atoms with Gasteiger partial charge in [0.2, 0.25) is 11.8 Å². The van der Waals surface area contributed by atoms with E-state index in [0.29, 0.717) is 17.2 Å². The third kappa shape index (κ3) is 4.57. The highest BCUT2D eigenvalue weighted by Crippen LogP contribution is 2.23. The van der Waals surface area contributed by atoms with E-state index in [0.717, 1.165) is 11.3 Å². The maximum atomic E-state index is 12.1. The molecule has 23 heavy (non-hydrogen) atoms. The van der Waals surface area contributed by atoms with Crippen LogP contribution >= 0.6 is 0 Å². The van der Waals surface area contributed by atoms with Gasteiger partial charge in [0.05, 0.1) is 6.54 Å². The number of rotatable bonds is 6. The maximum Gasteiger partial charge on any atom is 0.248 e. The number of primary amides is 1. The van der Waals surface area contributed by atoms with Crippen molar-refractivity contribution in [2.45, 2.75) is 19.8 Å². The van der Waals surface area contributed by atoms with Crippen LogP contribution in [-0.2, 0) is 4.79 Å². The Morgan fingerprint density at radius 2 is 1.83 bits per heavy atom. The zero-order chi connectivity index (χ0) is 16.8. The van der Waals surface area contributed by atoms with Crippen molar-refractivity contribution in [1.29, 1.82) is 0 Å². The van der Waals surface area contributed by atoms with Gasteiger partial charge in [0.25, 0.3) is 0 Å². The number of hydrogen-bond acceptors (Lipinski definition) is 3. The van der Waals surface area contributed by atoms with Gasteiger partial charge in [-0.05, 0) is 35.7 Å². The summed E-state index contributed by atoms with van der Waals surface area (Å²) >= 11 is 0. The number of benzene rings is 2. The largest absolute Gasteiger partial charge is 0.376 e. The van der Waals surface area contributed by atoms with E-state index in [1.165, 1.54) is 0 Å². The van der Waals surface area contributed by atoms with Gasteiger partial charge in [-0.2, -0.15) is 0 Å². The summed E-state index contributed by atoms with van der Waals surface area (Å²) < 4.78 is 0. The zero-order valence-corrected chi connectivity index (χ0v) is 13.3. The topological polar surface area (TPSA) is 84.2 Å². The van der Waals surface area contributed by atoms with Gasteiger partial charge in [0.1, 0.15) is 0 Å². The minimum atomic E-state index is -0.523. The molecular weight excluding hydrogens is 290 g/mol. The van der Waals surface area contributed by atoms with E-state index in [1.807, 2.05) is 24.3 Å². The zero-order valence-electron chi connectivity index (χ0n) is 13.3. The molecule has 0 fully saturated rings. The van der Waals surface area contributed by atoms with Crippen molar-refractivity contribution in [3.8, 4) is 0 Å². The molecule has 5 nitrogen and oxygen atoms in total. The van der Waals surface area contributed by atoms with E-state index >= 15 is 0 Å². The summed E-state index contributed by atoms with van der Waals surface area (Å²) in [5.74, 6) is -0.343. The number of amides is 2. The molecule has 5 heteroatoms. The van der Waals surface area contributed by atoms with Gasteiger partial charge in [-0.3, -0.25) is 9.59 Å². The van der Waals surface area contributed by atoms with Crippen molar-refractivity contribution in [1.82, 2.24) is 0 Å². The Morgan fingerprint density at radius 3 is 2.52 bits per heavy atom. The predicted molar refractivity (Wildman–Crippen MR) is 92.6 cm³/mol. The average molecular weight is 311 g/mol. The highest BCUT2D eigenvalue weighted by Gasteiger charge is 2.08. The quantitative estimate of drug-likeness (QED) is 0.767. The molecule has 0 heterocycles. The first-order valence-corrected chi connectivity index (χ1v) is 7.50. The summed E-state index contributed by atoms with van der Waals surface area (Å²) in [6.07, 6.45) is 0. The Kier molecular flexibility index (Phi) is 5.36. The van der Waals surface area contributed by atoms with Crippen LogP contribution in [0.25, 0.3) is 0 Å². The molecular formula is C18H21N3O2. The Hall–Kier alpha value is -2.82. The summed E-state index contributed by atoms with van der Waals surface area (Å²) in [6.45, 7) is 4.36. The van der Waals surface area contributed by atoms with Crippen molar-refractivity contribution in [3.63, 3.8) is 0 Å². The van der Waals surface area contributed by atoms with E-state index in [4.69, 9.17) is 5.73 Å². The molecule has 2 rings (SSSR count). The highest BCUT2D eigenvalue weighted by atomic mass is 16.2. The second-order valence-corrected chi connectivity index (χ2v) is 5.59. The highest BCUT2D eigenvalue weighted by molar-refractivity contribution is 5.97. The van der Waals surface area contributed by atoms with E-state index < -0.39 is 5.91 Å². The first kappa shape index (κ1) is 16.5. The number of carbonyl (C=O) groups is 2. The predicted octanol–water partition coefficient (Wildman–Crippen LogP) is 2.96. The van der Waals surface area contributed by atoms with Crippen molar-refractivity contribution in [2.75, 3.05) is 17.2 Å². The second-order valence-electron chi connectivity index (χ2n) is 5.59. The molecule has 2 amide bonds. The SMILES string of the molecule is CC(C)c1ccccc1NCC(=O)Nc1cccc(C(N)=O)c1. The van der Waals surface area contributed by atoms with Crippen LogP contribution in [0.1, 0.15) is 35.7 Å². The van der Waals surface area contributed by atoms with Crippen molar-refractivity contribution in [3.05, 3.63) is 59.7 Å². The monoisotopic (exact) mass is 311 g/mol. The Bertz CT molecular complexity index is 711. The van der Waals surface area contributed by atoms with Gasteiger partial charge in [0.15, 0.2) is 0 Å². The molecule has 0 saturated heterocycles. The first-order chi connectivity index (χ1) is 11.0. The van der Waals surface area contributed by atoms with E-state index in [9.17, 15) is 9.59 Å². The Balaban J connectivity index is 1.98. The van der Waals surface area contributed by atoms with E-state index in [2.05, 4.69) is 24.5 Å². The summed E-state index contributed by atoms with van der Waals surface area (Å²) in [5.41, 5.74) is 8.25. The minimum Gasteiger partial charge on any atom is -0.376 e. The lowest BCUT2D eigenvalue weighted by atomic mass is 10.0. The van der Waals surface area contributed by atoms with Crippen LogP contribution in [0.5, 0.6) is 0 Å². The van der Waals surface area contributed by atoms with E-state index in [1.54, 1.807) is 24.3 Å². The molecule has 0 radical (unpaired) electrons. The van der Waals surface area contributed by atoms with Gasteiger partial charge in [-0.1, -0.05) is 38.1 Å². The molecule has 120 valence electrons. The molecule has 0 saturated carbocycles. The van der Waals surface area contributed by atoms with Crippen LogP contribution in [0.3, 0.4) is 0 Å². The second kappa shape index (κ2) is 7.45. The van der Waals surface area contributed by atoms with Crippen molar-refractivity contribution < 1.29 is 9.59 Å². The number of carbonyl (C=O) groups excluding carboxylic acids is 2. The van der Waals surface area contributed by atoms with Crippen molar-refractivity contribution in [2.24, 2.45) is 5.73 Å².